The van der Waals surface area contributed by atoms with Crippen molar-refractivity contribution in [3.63, 3.8) is 0 Å². The quantitative estimate of drug-likeness (QED) is 0.462. The van der Waals surface area contributed by atoms with Gasteiger partial charge in [0.25, 0.3) is 0 Å². The average Bonchev–Trinajstić information content (AvgIpc) is 2.05. The average molecular weight is 133 g/mol. The maximum atomic E-state index is 4.26. The lowest BCUT2D eigenvalue weighted by atomic mass is 10.4. The van der Waals surface area contributed by atoms with Crippen LogP contribution in [0.25, 0.3) is 0 Å². The second-order valence-corrected chi connectivity index (χ2v) is 2.13. The van der Waals surface area contributed by atoms with Crippen LogP contribution in [0.1, 0.15) is 0 Å². The molecule has 2 rings (SSSR count). The van der Waals surface area contributed by atoms with Crippen molar-refractivity contribution in [1.82, 2.24) is 4.98 Å². The van der Waals surface area contributed by atoms with E-state index in [2.05, 4.69) is 15.0 Å². The predicted molar refractivity (Wildman–Crippen MR) is 36.3 cm³/mol. The summed E-state index contributed by atoms with van der Waals surface area (Å²) in [5.41, 5.74) is 0. The van der Waals surface area contributed by atoms with E-state index in [1.807, 2.05) is 6.07 Å². The minimum absolute atomic E-state index is 0.804. The first-order valence-corrected chi connectivity index (χ1v) is 3.26. The Labute approximate surface area is 58.2 Å². The lowest BCUT2D eigenvalue weighted by molar-refractivity contribution is 0.857. The predicted octanol–water partition coefficient (Wildman–Crippen LogP) is -0.666. The van der Waals surface area contributed by atoms with Gasteiger partial charge < -0.3 is 0 Å². The molecule has 0 aromatic carbocycles. The molecule has 2 heterocycles. The van der Waals surface area contributed by atoms with Crippen LogP contribution in [-0.4, -0.2) is 18.1 Å². The zero-order chi connectivity index (χ0) is 6.81. The van der Waals surface area contributed by atoms with Crippen molar-refractivity contribution in [2.75, 3.05) is 13.1 Å². The summed E-state index contributed by atoms with van der Waals surface area (Å²) in [5.74, 6) is 0. The first-order chi connectivity index (χ1) is 4.97. The molecule has 0 saturated heterocycles. The summed E-state index contributed by atoms with van der Waals surface area (Å²) >= 11 is 0. The molecule has 3 nitrogen and oxygen atoms in total. The SMILES string of the molecule is c1cc2c(cn1)=NCCN=2. The molecule has 1 aromatic rings. The van der Waals surface area contributed by atoms with Gasteiger partial charge in [-0.1, -0.05) is 0 Å². The fourth-order valence-corrected chi connectivity index (χ4v) is 0.975. The summed E-state index contributed by atoms with van der Waals surface area (Å²) in [5, 5.41) is 1.90. The molecular formula is C7H7N3. The van der Waals surface area contributed by atoms with Crippen LogP contribution in [0, 0.1) is 0 Å². The Morgan fingerprint density at radius 2 is 1.90 bits per heavy atom. The zero-order valence-electron chi connectivity index (χ0n) is 5.49. The summed E-state index contributed by atoms with van der Waals surface area (Å²) < 4.78 is 0. The van der Waals surface area contributed by atoms with Gasteiger partial charge in [-0.15, -0.1) is 0 Å². The van der Waals surface area contributed by atoms with E-state index in [-0.39, 0.29) is 0 Å². The second kappa shape index (κ2) is 2.17. The molecule has 50 valence electrons. The van der Waals surface area contributed by atoms with Crippen molar-refractivity contribution in [1.29, 1.82) is 0 Å². The summed E-state index contributed by atoms with van der Waals surface area (Å²) in [7, 11) is 0. The molecule has 3 heteroatoms. The Kier molecular flexibility index (Phi) is 1.20. The van der Waals surface area contributed by atoms with Gasteiger partial charge in [0.1, 0.15) is 5.36 Å². The molecule has 0 saturated carbocycles. The van der Waals surface area contributed by atoms with Gasteiger partial charge >= 0.3 is 0 Å². The molecule has 10 heavy (non-hydrogen) atoms. The molecule has 0 amide bonds. The molecule has 1 aliphatic rings. The van der Waals surface area contributed by atoms with Crippen LogP contribution in [0.4, 0.5) is 0 Å². The number of hydrogen-bond donors (Lipinski definition) is 0. The highest BCUT2D eigenvalue weighted by atomic mass is 14.9. The molecular weight excluding hydrogens is 126 g/mol. The fourth-order valence-electron chi connectivity index (χ4n) is 0.975. The molecule has 1 aromatic heterocycles. The van der Waals surface area contributed by atoms with E-state index in [4.69, 9.17) is 0 Å². The third-order valence-corrected chi connectivity index (χ3v) is 1.44. The first kappa shape index (κ1) is 5.53. The van der Waals surface area contributed by atoms with Gasteiger partial charge in [0.05, 0.1) is 24.6 Å². The van der Waals surface area contributed by atoms with Crippen LogP contribution < -0.4 is 10.7 Å². The summed E-state index contributed by atoms with van der Waals surface area (Å²) in [6.07, 6.45) is 3.49. The maximum Gasteiger partial charge on any atom is 0.101 e. The normalized spacial score (nSPS) is 14.8. The molecule has 0 fully saturated rings. The highest BCUT2D eigenvalue weighted by molar-refractivity contribution is 4.92. The number of pyridine rings is 1. The smallest absolute Gasteiger partial charge is 0.101 e. The lowest BCUT2D eigenvalue weighted by Gasteiger charge is -1.95. The van der Waals surface area contributed by atoms with Gasteiger partial charge in [-0.05, 0) is 6.07 Å². The van der Waals surface area contributed by atoms with E-state index in [0.29, 0.717) is 0 Å². The molecule has 0 unspecified atom stereocenters. The van der Waals surface area contributed by atoms with Crippen molar-refractivity contribution in [3.8, 4) is 0 Å². The highest BCUT2D eigenvalue weighted by Gasteiger charge is 1.91. The van der Waals surface area contributed by atoms with Gasteiger partial charge in [0.15, 0.2) is 0 Å². The minimum Gasteiger partial charge on any atom is -0.281 e. The Balaban J connectivity index is 2.84. The minimum atomic E-state index is 0.804. The zero-order valence-corrected chi connectivity index (χ0v) is 5.49. The fraction of sp³-hybridized carbons (Fsp3) is 0.286. The van der Waals surface area contributed by atoms with E-state index in [9.17, 15) is 0 Å². The third-order valence-electron chi connectivity index (χ3n) is 1.44. The van der Waals surface area contributed by atoms with E-state index >= 15 is 0 Å². The van der Waals surface area contributed by atoms with Crippen molar-refractivity contribution in [3.05, 3.63) is 29.2 Å². The molecule has 1 aliphatic heterocycles. The van der Waals surface area contributed by atoms with E-state index < -0.39 is 0 Å². The summed E-state index contributed by atoms with van der Waals surface area (Å²) in [6, 6.07) is 1.89. The first-order valence-electron chi connectivity index (χ1n) is 3.26. The van der Waals surface area contributed by atoms with E-state index in [1.54, 1.807) is 12.4 Å². The largest absolute Gasteiger partial charge is 0.281 e. The third kappa shape index (κ3) is 0.795. The monoisotopic (exact) mass is 133 g/mol. The second-order valence-electron chi connectivity index (χ2n) is 2.13. The van der Waals surface area contributed by atoms with Crippen molar-refractivity contribution in [2.24, 2.45) is 9.98 Å². The number of hydrogen-bond acceptors (Lipinski definition) is 3. The Morgan fingerprint density at radius 1 is 1.10 bits per heavy atom. The van der Waals surface area contributed by atoms with Gasteiger partial charge in [-0.2, -0.15) is 0 Å². The Bertz CT molecular complexity index is 307. The van der Waals surface area contributed by atoms with Crippen molar-refractivity contribution >= 4 is 0 Å². The molecule has 0 bridgehead atoms. The van der Waals surface area contributed by atoms with E-state index in [1.165, 1.54) is 0 Å². The molecule has 0 radical (unpaired) electrons. The van der Waals surface area contributed by atoms with Gasteiger partial charge in [-0.3, -0.25) is 15.0 Å². The molecule has 0 atom stereocenters. The molecule has 0 aliphatic carbocycles. The van der Waals surface area contributed by atoms with Gasteiger partial charge in [0.2, 0.25) is 0 Å². The number of fused-ring (bicyclic) bond motifs is 1. The Hall–Kier alpha value is -1.25. The van der Waals surface area contributed by atoms with Gasteiger partial charge in [-0.25, -0.2) is 0 Å². The molecule has 0 N–H and O–H groups in total. The van der Waals surface area contributed by atoms with Crippen LogP contribution in [0.5, 0.6) is 0 Å². The molecule has 0 spiro atoms. The number of aromatic nitrogens is 1. The van der Waals surface area contributed by atoms with Crippen LogP contribution in [0.3, 0.4) is 0 Å². The summed E-state index contributed by atoms with van der Waals surface area (Å²) in [6.45, 7) is 1.62. The van der Waals surface area contributed by atoms with E-state index in [0.717, 1.165) is 23.8 Å². The lowest BCUT2D eigenvalue weighted by Crippen LogP contribution is -2.29. The highest BCUT2D eigenvalue weighted by Crippen LogP contribution is 1.75. The standard InChI is InChI=1S/C7H7N3/c1-2-8-5-7-6(1)9-3-4-10-7/h1-2,5H,3-4H2. The van der Waals surface area contributed by atoms with Crippen LogP contribution in [0.2, 0.25) is 0 Å². The van der Waals surface area contributed by atoms with Gasteiger partial charge in [0, 0.05) is 6.20 Å². The summed E-state index contributed by atoms with van der Waals surface area (Å²) in [4.78, 5) is 12.4. The topological polar surface area (TPSA) is 37.6 Å². The Morgan fingerprint density at radius 3 is 2.70 bits per heavy atom. The van der Waals surface area contributed by atoms with Crippen LogP contribution in [-0.2, 0) is 0 Å². The van der Waals surface area contributed by atoms with Crippen molar-refractivity contribution in [2.45, 2.75) is 0 Å². The van der Waals surface area contributed by atoms with Crippen LogP contribution >= 0.6 is 0 Å². The maximum absolute atomic E-state index is 4.26. The number of nitrogens with zero attached hydrogens (tertiary/aromatic N) is 3. The van der Waals surface area contributed by atoms with Crippen molar-refractivity contribution < 1.29 is 0 Å². The number of rotatable bonds is 0. The van der Waals surface area contributed by atoms with Crippen LogP contribution in [0.15, 0.2) is 28.4 Å².